The average Bonchev–Trinajstić information content (AvgIpc) is 2.90. The van der Waals surface area contributed by atoms with Gasteiger partial charge in [0.2, 0.25) is 0 Å². The van der Waals surface area contributed by atoms with Crippen LogP contribution in [0.15, 0.2) is 29.6 Å². The predicted octanol–water partition coefficient (Wildman–Crippen LogP) is 2.52. The first-order valence-corrected chi connectivity index (χ1v) is 7.20. The van der Waals surface area contributed by atoms with Gasteiger partial charge in [0.05, 0.1) is 29.8 Å². The number of carbonyl (C=O) groups is 2. The third-order valence-corrected chi connectivity index (χ3v) is 3.59. The number of ether oxygens (including phenoxy) is 2. The van der Waals surface area contributed by atoms with Gasteiger partial charge in [-0.3, -0.25) is 4.79 Å². The van der Waals surface area contributed by atoms with Gasteiger partial charge in [0.15, 0.2) is 0 Å². The molecule has 0 amide bonds. The summed E-state index contributed by atoms with van der Waals surface area (Å²) in [4.78, 5) is 27.2. The van der Waals surface area contributed by atoms with Crippen molar-refractivity contribution in [1.29, 1.82) is 0 Å². The quantitative estimate of drug-likeness (QED) is 0.794. The smallest absolute Gasteiger partial charge is 0.337 e. The number of methoxy groups -OCH3 is 1. The van der Waals surface area contributed by atoms with Gasteiger partial charge in [0.25, 0.3) is 0 Å². The predicted molar refractivity (Wildman–Crippen MR) is 78.1 cm³/mol. The Morgan fingerprint density at radius 3 is 2.52 bits per heavy atom. The molecule has 110 valence electrons. The lowest BCUT2D eigenvalue weighted by Crippen LogP contribution is -2.08. The lowest BCUT2D eigenvalue weighted by Gasteiger charge is -2.05. The van der Waals surface area contributed by atoms with Crippen LogP contribution in [0.1, 0.15) is 26.6 Å². The van der Waals surface area contributed by atoms with Gasteiger partial charge in [-0.25, -0.2) is 9.78 Å². The Balaban J connectivity index is 1.85. The van der Waals surface area contributed by atoms with Crippen molar-refractivity contribution in [2.24, 2.45) is 0 Å². The molecule has 0 aliphatic rings. The maximum absolute atomic E-state index is 11.7. The molecule has 0 aliphatic carbocycles. The number of nitrogens with zero attached hydrogens (tertiary/aromatic N) is 1. The van der Waals surface area contributed by atoms with Crippen molar-refractivity contribution in [1.82, 2.24) is 4.98 Å². The summed E-state index contributed by atoms with van der Waals surface area (Å²) in [6.07, 6.45) is 0.171. The first-order chi connectivity index (χ1) is 10.1. The van der Waals surface area contributed by atoms with E-state index in [2.05, 4.69) is 9.72 Å². The largest absolute Gasteiger partial charge is 0.465 e. The van der Waals surface area contributed by atoms with Gasteiger partial charge in [0.1, 0.15) is 6.61 Å². The van der Waals surface area contributed by atoms with Crippen LogP contribution in [0.25, 0.3) is 0 Å². The Hall–Kier alpha value is -2.21. The highest BCUT2D eigenvalue weighted by molar-refractivity contribution is 7.09. The number of rotatable bonds is 5. The fourth-order valence-corrected chi connectivity index (χ4v) is 2.32. The number of esters is 2. The third kappa shape index (κ3) is 4.39. The van der Waals surface area contributed by atoms with Crippen LogP contribution in [0.5, 0.6) is 0 Å². The van der Waals surface area contributed by atoms with Crippen molar-refractivity contribution in [3.05, 3.63) is 51.5 Å². The van der Waals surface area contributed by atoms with Crippen LogP contribution in [0, 0.1) is 6.92 Å². The van der Waals surface area contributed by atoms with Crippen LogP contribution in [0.2, 0.25) is 0 Å². The number of hydrogen-bond acceptors (Lipinski definition) is 6. The first kappa shape index (κ1) is 15.2. The standard InChI is InChI=1S/C15H15NO4S/c1-10-16-13(9-21-10)7-14(17)20-8-11-3-5-12(6-4-11)15(18)19-2/h3-6,9H,7-8H2,1-2H3. The van der Waals surface area contributed by atoms with E-state index < -0.39 is 5.97 Å². The SMILES string of the molecule is COC(=O)c1ccc(COC(=O)Cc2csc(C)n2)cc1. The molecule has 0 radical (unpaired) electrons. The molecule has 2 rings (SSSR count). The van der Waals surface area contributed by atoms with E-state index in [4.69, 9.17) is 4.74 Å². The summed E-state index contributed by atoms with van der Waals surface area (Å²) >= 11 is 1.50. The second-order valence-corrected chi connectivity index (χ2v) is 5.45. The maximum Gasteiger partial charge on any atom is 0.337 e. The Morgan fingerprint density at radius 1 is 1.24 bits per heavy atom. The van der Waals surface area contributed by atoms with Crippen molar-refractivity contribution < 1.29 is 19.1 Å². The van der Waals surface area contributed by atoms with Crippen LogP contribution in [-0.4, -0.2) is 24.0 Å². The maximum atomic E-state index is 11.7. The number of aryl methyl sites for hydroxylation is 1. The molecule has 0 spiro atoms. The van der Waals surface area contributed by atoms with Gasteiger partial charge in [0, 0.05) is 5.38 Å². The van der Waals surface area contributed by atoms with Crippen molar-refractivity contribution in [2.45, 2.75) is 20.0 Å². The lowest BCUT2D eigenvalue weighted by atomic mass is 10.1. The van der Waals surface area contributed by atoms with E-state index in [1.54, 1.807) is 24.3 Å². The van der Waals surface area contributed by atoms with Crippen LogP contribution in [-0.2, 0) is 27.3 Å². The zero-order valence-electron chi connectivity index (χ0n) is 11.8. The summed E-state index contributed by atoms with van der Waals surface area (Å²) < 4.78 is 9.79. The van der Waals surface area contributed by atoms with E-state index >= 15 is 0 Å². The molecule has 2 aromatic rings. The zero-order chi connectivity index (χ0) is 15.2. The highest BCUT2D eigenvalue weighted by Crippen LogP contribution is 2.10. The van der Waals surface area contributed by atoms with E-state index in [1.807, 2.05) is 12.3 Å². The van der Waals surface area contributed by atoms with Crippen LogP contribution >= 0.6 is 11.3 Å². The van der Waals surface area contributed by atoms with E-state index in [9.17, 15) is 9.59 Å². The molecule has 0 N–H and O–H groups in total. The van der Waals surface area contributed by atoms with Gasteiger partial charge in [-0.2, -0.15) is 0 Å². The fourth-order valence-electron chi connectivity index (χ4n) is 1.71. The molecule has 0 saturated carbocycles. The Labute approximate surface area is 126 Å². The van der Waals surface area contributed by atoms with Crippen molar-refractivity contribution >= 4 is 23.3 Å². The summed E-state index contributed by atoms with van der Waals surface area (Å²) in [7, 11) is 1.33. The molecule has 1 aromatic carbocycles. The minimum absolute atomic E-state index is 0.170. The monoisotopic (exact) mass is 305 g/mol. The van der Waals surface area contributed by atoms with Gasteiger partial charge in [-0.05, 0) is 24.6 Å². The molecular formula is C15H15NO4S. The molecule has 1 aromatic heterocycles. The molecule has 5 nitrogen and oxygen atoms in total. The highest BCUT2D eigenvalue weighted by atomic mass is 32.1. The molecule has 0 saturated heterocycles. The lowest BCUT2D eigenvalue weighted by molar-refractivity contribution is -0.144. The molecule has 0 bridgehead atoms. The number of hydrogen-bond donors (Lipinski definition) is 0. The van der Waals surface area contributed by atoms with E-state index in [0.29, 0.717) is 5.56 Å². The van der Waals surface area contributed by atoms with E-state index in [1.165, 1.54) is 18.4 Å². The van der Waals surface area contributed by atoms with E-state index in [-0.39, 0.29) is 19.0 Å². The number of carbonyl (C=O) groups excluding carboxylic acids is 2. The first-order valence-electron chi connectivity index (χ1n) is 6.32. The minimum atomic E-state index is -0.391. The van der Waals surface area contributed by atoms with Crippen LogP contribution in [0.4, 0.5) is 0 Å². The van der Waals surface area contributed by atoms with Gasteiger partial charge in [-0.15, -0.1) is 11.3 Å². The summed E-state index contributed by atoms with van der Waals surface area (Å²) in [5.41, 5.74) is 2.00. The Morgan fingerprint density at radius 2 is 1.95 bits per heavy atom. The summed E-state index contributed by atoms with van der Waals surface area (Å²) in [6.45, 7) is 2.06. The molecule has 0 atom stereocenters. The third-order valence-electron chi connectivity index (χ3n) is 2.77. The Kier molecular flexibility index (Phi) is 5.05. The normalized spacial score (nSPS) is 10.2. The van der Waals surface area contributed by atoms with Gasteiger partial charge >= 0.3 is 11.9 Å². The van der Waals surface area contributed by atoms with Crippen LogP contribution < -0.4 is 0 Å². The number of thiazole rings is 1. The van der Waals surface area contributed by atoms with Crippen molar-refractivity contribution in [3.63, 3.8) is 0 Å². The highest BCUT2D eigenvalue weighted by Gasteiger charge is 2.09. The molecule has 0 fully saturated rings. The topological polar surface area (TPSA) is 65.5 Å². The fraction of sp³-hybridized carbons (Fsp3) is 0.267. The molecule has 6 heteroatoms. The second kappa shape index (κ2) is 6.99. The van der Waals surface area contributed by atoms with Crippen LogP contribution in [0.3, 0.4) is 0 Å². The summed E-state index contributed by atoms with van der Waals surface area (Å²) in [5.74, 6) is -0.713. The minimum Gasteiger partial charge on any atom is -0.465 e. The summed E-state index contributed by atoms with van der Waals surface area (Å²) in [6, 6.07) is 6.73. The average molecular weight is 305 g/mol. The number of aromatic nitrogens is 1. The second-order valence-electron chi connectivity index (χ2n) is 4.38. The molecule has 21 heavy (non-hydrogen) atoms. The molecule has 0 unspecified atom stereocenters. The number of benzene rings is 1. The molecule has 1 heterocycles. The molecular weight excluding hydrogens is 290 g/mol. The summed E-state index contributed by atoms with van der Waals surface area (Å²) in [5, 5.41) is 2.78. The molecule has 0 aliphatic heterocycles. The van der Waals surface area contributed by atoms with Crippen molar-refractivity contribution in [2.75, 3.05) is 7.11 Å². The zero-order valence-corrected chi connectivity index (χ0v) is 12.6. The van der Waals surface area contributed by atoms with Gasteiger partial charge < -0.3 is 9.47 Å². The van der Waals surface area contributed by atoms with Gasteiger partial charge in [-0.1, -0.05) is 12.1 Å². The Bertz CT molecular complexity index is 633. The van der Waals surface area contributed by atoms with Crippen molar-refractivity contribution in [3.8, 4) is 0 Å². The van der Waals surface area contributed by atoms with E-state index in [0.717, 1.165) is 16.3 Å².